The van der Waals surface area contributed by atoms with Crippen molar-refractivity contribution in [2.45, 2.75) is 46.6 Å². The Morgan fingerprint density at radius 1 is 0.951 bits per heavy atom. The summed E-state index contributed by atoms with van der Waals surface area (Å²) in [5.41, 5.74) is 5.78. The highest BCUT2D eigenvalue weighted by Gasteiger charge is 2.59. The molecule has 1 spiro atoms. The van der Waals surface area contributed by atoms with Crippen molar-refractivity contribution >= 4 is 17.6 Å². The molecule has 1 atom stereocenters. The van der Waals surface area contributed by atoms with Gasteiger partial charge in [-0.25, -0.2) is 4.79 Å². The molecule has 11 nitrogen and oxygen atoms in total. The van der Waals surface area contributed by atoms with Crippen molar-refractivity contribution in [3.63, 3.8) is 0 Å². The maximum absolute atomic E-state index is 13.2. The van der Waals surface area contributed by atoms with E-state index in [1.165, 1.54) is 6.92 Å². The zero-order valence-corrected chi connectivity index (χ0v) is 24.2. The monoisotopic (exact) mass is 571 g/mol. The van der Waals surface area contributed by atoms with Gasteiger partial charge in [0.25, 0.3) is 0 Å². The minimum absolute atomic E-state index is 0.0108. The summed E-state index contributed by atoms with van der Waals surface area (Å²) in [5, 5.41) is 42.8. The Morgan fingerprint density at radius 2 is 1.44 bits per heavy atom. The molecule has 11 heteroatoms. The number of allylic oxidation sites excluding steroid dienone is 1. The number of aliphatic hydroxyl groups is 4. The third kappa shape index (κ3) is 9.44. The summed E-state index contributed by atoms with van der Waals surface area (Å²) in [5.74, 6) is -1.39. The number of nitrogens with one attached hydrogen (secondary N) is 1. The lowest BCUT2D eigenvalue weighted by Crippen LogP contribution is -2.45. The van der Waals surface area contributed by atoms with E-state index in [0.29, 0.717) is 11.3 Å². The number of aliphatic hydroxyl groups excluding tert-OH is 4. The summed E-state index contributed by atoms with van der Waals surface area (Å²) < 4.78 is 10.9. The summed E-state index contributed by atoms with van der Waals surface area (Å²) in [4.78, 5) is 26.4. The molecule has 2 aromatic rings. The first-order valence-electron chi connectivity index (χ1n) is 13.0. The Labute approximate surface area is 241 Å². The average molecular weight is 572 g/mol. The van der Waals surface area contributed by atoms with Crippen molar-refractivity contribution in [3.8, 4) is 6.07 Å². The van der Waals surface area contributed by atoms with Crippen LogP contribution in [0, 0.1) is 11.3 Å². The summed E-state index contributed by atoms with van der Waals surface area (Å²) in [6.45, 7) is 9.26. The largest absolute Gasteiger partial charge is 0.457 e. The highest BCUT2D eigenvalue weighted by Crippen LogP contribution is 2.51. The Morgan fingerprint density at radius 3 is 1.95 bits per heavy atom. The van der Waals surface area contributed by atoms with Crippen LogP contribution in [0.4, 0.5) is 5.69 Å². The first kappa shape index (κ1) is 36.8. The van der Waals surface area contributed by atoms with Gasteiger partial charge in [0.2, 0.25) is 11.8 Å². The molecular weight excluding hydrogens is 530 g/mol. The molecule has 1 amide bonds. The number of carbonyl (C=O) groups is 2. The Balaban J connectivity index is 0.00000115. The number of hydrogen-bond acceptors (Lipinski definition) is 10. The highest BCUT2D eigenvalue weighted by molar-refractivity contribution is 6.17. The zero-order valence-electron chi connectivity index (χ0n) is 24.2. The molecule has 0 saturated heterocycles. The van der Waals surface area contributed by atoms with Crippen molar-refractivity contribution < 1.29 is 39.5 Å². The maximum atomic E-state index is 13.2. The second kappa shape index (κ2) is 19.8. The van der Waals surface area contributed by atoms with E-state index in [1.54, 1.807) is 52.0 Å². The minimum atomic E-state index is -1.72. The fourth-order valence-corrected chi connectivity index (χ4v) is 3.83. The molecule has 0 saturated carbocycles. The van der Waals surface area contributed by atoms with Crippen molar-refractivity contribution in [2.24, 2.45) is 5.73 Å². The van der Waals surface area contributed by atoms with Gasteiger partial charge >= 0.3 is 5.97 Å². The number of anilines is 1. The van der Waals surface area contributed by atoms with E-state index in [0.717, 1.165) is 5.56 Å². The number of para-hydroxylation sites is 1. The van der Waals surface area contributed by atoms with Gasteiger partial charge in [-0.2, -0.15) is 5.26 Å². The molecule has 0 bridgehead atoms. The standard InChI is InChI=1S/C22H17N3O4.4C2H6O/c1-13-18(20(26)28-12-14-7-3-2-4-8-14)22(16(11-23)19(24)29-13)15-9-5-6-10-17(15)25-21(22)27;4*1-2-3/h2-10H,12,24H2,1H3,(H,25,27);4*3H,2H2,1H3. The Bertz CT molecular complexity index is 1200. The normalized spacial score (nSPS) is 16.0. The second-order valence-electron chi connectivity index (χ2n) is 7.96. The van der Waals surface area contributed by atoms with Gasteiger partial charge in [0.15, 0.2) is 5.41 Å². The molecule has 0 fully saturated rings. The van der Waals surface area contributed by atoms with Crippen LogP contribution in [0.15, 0.2) is 77.4 Å². The van der Waals surface area contributed by atoms with Crippen molar-refractivity contribution in [1.82, 2.24) is 0 Å². The highest BCUT2D eigenvalue weighted by atomic mass is 16.5. The molecule has 1 unspecified atom stereocenters. The van der Waals surface area contributed by atoms with Crippen LogP contribution in [0.3, 0.4) is 0 Å². The number of nitrogens with zero attached hydrogens (tertiary/aromatic N) is 1. The van der Waals surface area contributed by atoms with Gasteiger partial charge in [-0.3, -0.25) is 4.79 Å². The zero-order chi connectivity index (χ0) is 31.4. The lowest BCUT2D eigenvalue weighted by atomic mass is 9.68. The molecule has 7 N–H and O–H groups in total. The number of nitrogens with two attached hydrogens (primary N) is 1. The fraction of sp³-hybridized carbons (Fsp3) is 0.367. The van der Waals surface area contributed by atoms with E-state index >= 15 is 0 Å². The predicted molar refractivity (Wildman–Crippen MR) is 155 cm³/mol. The molecule has 2 aromatic carbocycles. The number of fused-ring (bicyclic) bond motifs is 2. The first-order valence-corrected chi connectivity index (χ1v) is 13.0. The summed E-state index contributed by atoms with van der Waals surface area (Å²) >= 11 is 0. The van der Waals surface area contributed by atoms with Gasteiger partial charge in [0, 0.05) is 37.7 Å². The summed E-state index contributed by atoms with van der Waals surface area (Å²) in [6.07, 6.45) is 0. The minimum Gasteiger partial charge on any atom is -0.457 e. The summed E-state index contributed by atoms with van der Waals surface area (Å²) in [7, 11) is 0. The lowest BCUT2D eigenvalue weighted by molar-refractivity contribution is -0.142. The van der Waals surface area contributed by atoms with Gasteiger partial charge in [0.05, 0.1) is 0 Å². The van der Waals surface area contributed by atoms with Crippen molar-refractivity contribution in [1.29, 1.82) is 5.26 Å². The Kier molecular flexibility index (Phi) is 17.8. The van der Waals surface area contributed by atoms with E-state index in [4.69, 9.17) is 35.6 Å². The SMILES string of the molecule is CC1=C(C(=O)OCc2ccccc2)C2(C(=O)Nc3ccccc32)C(C#N)=C(N)O1.CCO.CCO.CCO.CCO. The second-order valence-corrected chi connectivity index (χ2v) is 7.96. The first-order chi connectivity index (χ1) is 19.7. The van der Waals surface area contributed by atoms with Crippen LogP contribution in [0.1, 0.15) is 45.7 Å². The van der Waals surface area contributed by atoms with Gasteiger partial charge in [0.1, 0.15) is 29.6 Å². The number of ether oxygens (including phenoxy) is 2. The molecule has 41 heavy (non-hydrogen) atoms. The number of amides is 1. The number of esters is 1. The molecule has 2 aliphatic rings. The molecule has 2 aliphatic heterocycles. The fourth-order valence-electron chi connectivity index (χ4n) is 3.83. The molecular formula is C30H41N3O8. The average Bonchev–Trinajstić information content (AvgIpc) is 3.21. The van der Waals surface area contributed by atoms with E-state index in [-0.39, 0.29) is 55.8 Å². The number of nitriles is 1. The van der Waals surface area contributed by atoms with E-state index in [2.05, 4.69) is 5.32 Å². The summed E-state index contributed by atoms with van der Waals surface area (Å²) in [6, 6.07) is 18.0. The van der Waals surface area contributed by atoms with Crippen molar-refractivity contribution in [2.75, 3.05) is 31.7 Å². The van der Waals surface area contributed by atoms with Crippen LogP contribution < -0.4 is 11.1 Å². The van der Waals surface area contributed by atoms with E-state index in [1.807, 2.05) is 36.4 Å². The quantitative estimate of drug-likeness (QED) is 0.298. The van der Waals surface area contributed by atoms with Crippen LogP contribution >= 0.6 is 0 Å². The van der Waals surface area contributed by atoms with E-state index in [9.17, 15) is 14.9 Å². The predicted octanol–water partition coefficient (Wildman–Crippen LogP) is 2.61. The molecule has 224 valence electrons. The van der Waals surface area contributed by atoms with Crippen LogP contribution in [-0.4, -0.2) is 58.7 Å². The van der Waals surface area contributed by atoms with Crippen LogP contribution in [0.5, 0.6) is 0 Å². The molecule has 0 radical (unpaired) electrons. The molecule has 0 aliphatic carbocycles. The number of carbonyl (C=O) groups excluding carboxylic acids is 2. The topological polar surface area (TPSA) is 195 Å². The third-order valence-corrected chi connectivity index (χ3v) is 5.06. The van der Waals surface area contributed by atoms with Gasteiger partial charge in [-0.05, 0) is 46.2 Å². The van der Waals surface area contributed by atoms with Crippen LogP contribution in [0.25, 0.3) is 0 Å². The van der Waals surface area contributed by atoms with Gasteiger partial charge in [-0.15, -0.1) is 0 Å². The maximum Gasteiger partial charge on any atom is 0.339 e. The van der Waals surface area contributed by atoms with Crippen LogP contribution in [0.2, 0.25) is 0 Å². The number of benzene rings is 2. The number of rotatable bonds is 3. The Hall–Kier alpha value is -4.21. The molecule has 0 aromatic heterocycles. The van der Waals surface area contributed by atoms with Gasteiger partial charge < -0.3 is 41.0 Å². The van der Waals surface area contributed by atoms with Gasteiger partial charge in [-0.1, -0.05) is 48.5 Å². The third-order valence-electron chi connectivity index (χ3n) is 5.06. The van der Waals surface area contributed by atoms with Crippen molar-refractivity contribution in [3.05, 3.63) is 88.5 Å². The smallest absolute Gasteiger partial charge is 0.339 e. The van der Waals surface area contributed by atoms with E-state index < -0.39 is 17.3 Å². The van der Waals surface area contributed by atoms with Crippen LogP contribution in [-0.2, 0) is 31.1 Å². The number of hydrogen-bond donors (Lipinski definition) is 6. The molecule has 4 rings (SSSR count). The molecule has 2 heterocycles. The lowest BCUT2D eigenvalue weighted by Gasteiger charge is -2.33.